The second-order valence-electron chi connectivity index (χ2n) is 7.24. The predicted octanol–water partition coefficient (Wildman–Crippen LogP) is 2.47. The fourth-order valence-corrected chi connectivity index (χ4v) is 4.52. The van der Waals surface area contributed by atoms with Gasteiger partial charge in [-0.25, -0.2) is 0 Å². The Morgan fingerprint density at radius 3 is 2.33 bits per heavy atom. The number of amides is 2. The van der Waals surface area contributed by atoms with E-state index in [0.717, 1.165) is 19.3 Å². The minimum Gasteiger partial charge on any atom is -0.342 e. The van der Waals surface area contributed by atoms with Crippen molar-refractivity contribution in [3.8, 4) is 0 Å². The Labute approximate surface area is 127 Å². The van der Waals surface area contributed by atoms with E-state index >= 15 is 0 Å². The van der Waals surface area contributed by atoms with Gasteiger partial charge in [-0.1, -0.05) is 39.0 Å². The average molecular weight is 292 g/mol. The van der Waals surface area contributed by atoms with Crippen molar-refractivity contribution in [3.63, 3.8) is 0 Å². The first-order valence-electron chi connectivity index (χ1n) is 8.76. The molecule has 3 aliphatic rings. The lowest BCUT2D eigenvalue weighted by molar-refractivity contribution is -0.150. The first-order valence-corrected chi connectivity index (χ1v) is 8.76. The van der Waals surface area contributed by atoms with Gasteiger partial charge < -0.3 is 10.2 Å². The zero-order chi connectivity index (χ0) is 14.8. The lowest BCUT2D eigenvalue weighted by Crippen LogP contribution is -2.64. The fourth-order valence-electron chi connectivity index (χ4n) is 4.52. The first-order chi connectivity index (χ1) is 10.2. The van der Waals surface area contributed by atoms with Gasteiger partial charge in [-0.15, -0.1) is 0 Å². The SMILES string of the molecule is CC1CCCCC1N1CC(=O)NC(C2CCCCC2)C1=O. The van der Waals surface area contributed by atoms with Crippen LogP contribution < -0.4 is 5.32 Å². The highest BCUT2D eigenvalue weighted by atomic mass is 16.2. The summed E-state index contributed by atoms with van der Waals surface area (Å²) >= 11 is 0. The van der Waals surface area contributed by atoms with Gasteiger partial charge in [0, 0.05) is 6.04 Å². The molecule has 0 radical (unpaired) electrons. The van der Waals surface area contributed by atoms with Gasteiger partial charge in [-0.3, -0.25) is 9.59 Å². The van der Waals surface area contributed by atoms with Crippen molar-refractivity contribution in [1.82, 2.24) is 10.2 Å². The third-order valence-corrected chi connectivity index (χ3v) is 5.77. The van der Waals surface area contributed by atoms with Crippen LogP contribution in [0.25, 0.3) is 0 Å². The molecule has 1 heterocycles. The summed E-state index contributed by atoms with van der Waals surface area (Å²) in [6, 6.07) is 0.0315. The number of hydrogen-bond acceptors (Lipinski definition) is 2. The molecule has 2 saturated carbocycles. The number of nitrogens with one attached hydrogen (secondary N) is 1. The van der Waals surface area contributed by atoms with Crippen LogP contribution in [0.5, 0.6) is 0 Å². The molecule has 3 rings (SSSR count). The van der Waals surface area contributed by atoms with Crippen molar-refractivity contribution in [3.05, 3.63) is 0 Å². The van der Waals surface area contributed by atoms with E-state index in [1.54, 1.807) is 0 Å². The van der Waals surface area contributed by atoms with Gasteiger partial charge >= 0.3 is 0 Å². The van der Waals surface area contributed by atoms with Gasteiger partial charge in [-0.05, 0) is 37.5 Å². The van der Waals surface area contributed by atoms with E-state index in [9.17, 15) is 9.59 Å². The summed E-state index contributed by atoms with van der Waals surface area (Å²) < 4.78 is 0. The van der Waals surface area contributed by atoms with Gasteiger partial charge in [-0.2, -0.15) is 0 Å². The minimum atomic E-state index is -0.249. The first kappa shape index (κ1) is 14.9. The smallest absolute Gasteiger partial charge is 0.246 e. The molecule has 4 nitrogen and oxygen atoms in total. The monoisotopic (exact) mass is 292 g/mol. The van der Waals surface area contributed by atoms with E-state index in [2.05, 4.69) is 12.2 Å². The molecule has 3 fully saturated rings. The highest BCUT2D eigenvalue weighted by Crippen LogP contribution is 2.32. The summed E-state index contributed by atoms with van der Waals surface area (Å²) in [4.78, 5) is 27.0. The van der Waals surface area contributed by atoms with Crippen molar-refractivity contribution in [2.45, 2.75) is 76.8 Å². The van der Waals surface area contributed by atoms with Crippen LogP contribution in [0.4, 0.5) is 0 Å². The van der Waals surface area contributed by atoms with Crippen LogP contribution in [-0.2, 0) is 9.59 Å². The summed E-state index contributed by atoms with van der Waals surface area (Å²) in [5, 5.41) is 2.99. The Morgan fingerprint density at radius 2 is 1.62 bits per heavy atom. The Bertz CT molecular complexity index is 404. The average Bonchev–Trinajstić information content (AvgIpc) is 2.51. The third kappa shape index (κ3) is 3.09. The Kier molecular flexibility index (Phi) is 4.51. The summed E-state index contributed by atoms with van der Waals surface area (Å²) in [6.07, 6.45) is 10.5. The molecule has 1 N–H and O–H groups in total. The van der Waals surface area contributed by atoms with E-state index < -0.39 is 0 Å². The Balaban J connectivity index is 1.74. The quantitative estimate of drug-likeness (QED) is 0.850. The van der Waals surface area contributed by atoms with Gasteiger partial charge in [0.15, 0.2) is 0 Å². The summed E-state index contributed by atoms with van der Waals surface area (Å²) in [6.45, 7) is 2.51. The van der Waals surface area contributed by atoms with Crippen LogP contribution in [0.3, 0.4) is 0 Å². The number of carbonyl (C=O) groups excluding carboxylic acids is 2. The van der Waals surface area contributed by atoms with E-state index in [1.165, 1.54) is 38.5 Å². The molecular weight excluding hydrogens is 264 g/mol. The minimum absolute atomic E-state index is 0.0444. The number of carbonyl (C=O) groups is 2. The standard InChI is InChI=1S/C17H28N2O2/c1-12-7-5-6-10-14(12)19-11-15(20)18-16(17(19)21)13-8-3-2-4-9-13/h12-14,16H,2-11H2,1H3,(H,18,20). The van der Waals surface area contributed by atoms with Crippen LogP contribution in [0, 0.1) is 11.8 Å². The second kappa shape index (κ2) is 6.37. The molecule has 3 atom stereocenters. The lowest BCUT2D eigenvalue weighted by atomic mass is 9.80. The molecule has 0 aromatic rings. The maximum absolute atomic E-state index is 12.9. The van der Waals surface area contributed by atoms with Gasteiger partial charge in [0.25, 0.3) is 0 Å². The maximum Gasteiger partial charge on any atom is 0.246 e. The topological polar surface area (TPSA) is 49.4 Å². The van der Waals surface area contributed by atoms with E-state index in [4.69, 9.17) is 0 Å². The molecule has 3 unspecified atom stereocenters. The third-order valence-electron chi connectivity index (χ3n) is 5.77. The molecule has 118 valence electrons. The molecule has 21 heavy (non-hydrogen) atoms. The lowest BCUT2D eigenvalue weighted by Gasteiger charge is -2.44. The van der Waals surface area contributed by atoms with Gasteiger partial charge in [0.05, 0.1) is 6.54 Å². The number of piperazine rings is 1. The summed E-state index contributed by atoms with van der Waals surface area (Å²) in [5.74, 6) is 1.13. The molecule has 2 amide bonds. The summed E-state index contributed by atoms with van der Waals surface area (Å²) in [7, 11) is 0. The van der Waals surface area contributed by atoms with E-state index in [-0.39, 0.29) is 30.4 Å². The van der Waals surface area contributed by atoms with Crippen LogP contribution in [0.2, 0.25) is 0 Å². The molecule has 0 aromatic heterocycles. The highest BCUT2D eigenvalue weighted by molar-refractivity contribution is 5.95. The molecule has 0 bridgehead atoms. The van der Waals surface area contributed by atoms with Crippen LogP contribution in [-0.4, -0.2) is 35.3 Å². The zero-order valence-corrected chi connectivity index (χ0v) is 13.1. The van der Waals surface area contributed by atoms with Gasteiger partial charge in [0.2, 0.25) is 11.8 Å². The number of hydrogen-bond donors (Lipinski definition) is 1. The number of nitrogens with zero attached hydrogens (tertiary/aromatic N) is 1. The zero-order valence-electron chi connectivity index (χ0n) is 13.1. The van der Waals surface area contributed by atoms with E-state index in [1.807, 2.05) is 4.90 Å². The van der Waals surface area contributed by atoms with Crippen LogP contribution in [0.15, 0.2) is 0 Å². The van der Waals surface area contributed by atoms with Crippen LogP contribution >= 0.6 is 0 Å². The highest BCUT2D eigenvalue weighted by Gasteiger charge is 2.42. The summed E-state index contributed by atoms with van der Waals surface area (Å²) in [5.41, 5.74) is 0. The molecule has 2 aliphatic carbocycles. The largest absolute Gasteiger partial charge is 0.342 e. The molecule has 1 aliphatic heterocycles. The number of rotatable bonds is 2. The van der Waals surface area contributed by atoms with Crippen LogP contribution in [0.1, 0.15) is 64.7 Å². The fraction of sp³-hybridized carbons (Fsp3) is 0.882. The molecule has 0 spiro atoms. The molecule has 0 aromatic carbocycles. The van der Waals surface area contributed by atoms with Crippen molar-refractivity contribution in [2.24, 2.45) is 11.8 Å². The Morgan fingerprint density at radius 1 is 0.952 bits per heavy atom. The van der Waals surface area contributed by atoms with Gasteiger partial charge in [0.1, 0.15) is 6.04 Å². The molecule has 1 saturated heterocycles. The maximum atomic E-state index is 12.9. The van der Waals surface area contributed by atoms with Crippen molar-refractivity contribution in [1.29, 1.82) is 0 Å². The van der Waals surface area contributed by atoms with E-state index in [0.29, 0.717) is 11.8 Å². The Hall–Kier alpha value is -1.06. The molecule has 4 heteroatoms. The van der Waals surface area contributed by atoms with Crippen molar-refractivity contribution in [2.75, 3.05) is 6.54 Å². The predicted molar refractivity (Wildman–Crippen MR) is 81.6 cm³/mol. The second-order valence-corrected chi connectivity index (χ2v) is 7.24. The molecular formula is C17H28N2O2. The normalized spacial score (nSPS) is 35.7. The van der Waals surface area contributed by atoms with Crippen molar-refractivity contribution >= 4 is 11.8 Å². The van der Waals surface area contributed by atoms with Crippen molar-refractivity contribution < 1.29 is 9.59 Å².